The average molecular weight is 322 g/mol. The number of hydrogen-bond acceptors (Lipinski definition) is 7. The van der Waals surface area contributed by atoms with E-state index in [-0.39, 0.29) is 6.04 Å². The highest BCUT2D eigenvalue weighted by Gasteiger charge is 2.25. The molecule has 1 saturated heterocycles. The molecule has 2 aromatic heterocycles. The van der Waals surface area contributed by atoms with E-state index in [4.69, 9.17) is 9.15 Å². The minimum atomic E-state index is 0.187. The van der Waals surface area contributed by atoms with Crippen molar-refractivity contribution in [2.24, 2.45) is 0 Å². The van der Waals surface area contributed by atoms with Crippen molar-refractivity contribution in [3.63, 3.8) is 0 Å². The van der Waals surface area contributed by atoms with E-state index < -0.39 is 0 Å². The number of nitrogens with zero attached hydrogens (tertiary/aromatic N) is 3. The highest BCUT2D eigenvalue weighted by molar-refractivity contribution is 7.09. The van der Waals surface area contributed by atoms with Crippen molar-refractivity contribution in [2.45, 2.75) is 26.3 Å². The van der Waals surface area contributed by atoms with E-state index in [9.17, 15) is 0 Å². The zero-order valence-electron chi connectivity index (χ0n) is 13.0. The predicted octanol–water partition coefficient (Wildman–Crippen LogP) is 2.49. The molecule has 0 radical (unpaired) electrons. The maximum absolute atomic E-state index is 5.86. The number of furan rings is 1. The third-order valence-corrected chi connectivity index (χ3v) is 4.52. The number of morpholine rings is 1. The van der Waals surface area contributed by atoms with Gasteiger partial charge in [-0.1, -0.05) is 6.92 Å². The molecule has 0 spiro atoms. The molecule has 0 bridgehead atoms. The van der Waals surface area contributed by atoms with Crippen LogP contribution in [0.25, 0.3) is 0 Å². The Hall–Kier alpha value is -1.44. The molecule has 1 aliphatic rings. The Balaban J connectivity index is 1.70. The van der Waals surface area contributed by atoms with E-state index in [0.29, 0.717) is 0 Å². The lowest BCUT2D eigenvalue weighted by atomic mass is 10.1. The Bertz CT molecular complexity index is 592. The second-order valence-corrected chi connectivity index (χ2v) is 6.11. The minimum absolute atomic E-state index is 0.187. The standard InChI is InChI=1S/C15H22N4O2S/c1-3-14-17-15(22-18-14)16-10-12(13-5-4-11(2)21-13)19-6-8-20-9-7-19/h4-5,12H,3,6-10H2,1-2H3,(H,16,17,18). The zero-order valence-corrected chi connectivity index (χ0v) is 13.9. The molecule has 1 aliphatic heterocycles. The van der Waals surface area contributed by atoms with Gasteiger partial charge in [0.15, 0.2) is 0 Å². The summed E-state index contributed by atoms with van der Waals surface area (Å²) in [6.07, 6.45) is 0.864. The molecule has 1 unspecified atom stereocenters. The van der Waals surface area contributed by atoms with Crippen molar-refractivity contribution >= 4 is 16.7 Å². The van der Waals surface area contributed by atoms with Crippen molar-refractivity contribution in [1.29, 1.82) is 0 Å². The van der Waals surface area contributed by atoms with Gasteiger partial charge in [0.05, 0.1) is 19.3 Å². The molecule has 1 fully saturated rings. The molecule has 0 aromatic carbocycles. The lowest BCUT2D eigenvalue weighted by Crippen LogP contribution is -2.41. The molecule has 7 heteroatoms. The van der Waals surface area contributed by atoms with Crippen LogP contribution < -0.4 is 5.32 Å². The molecule has 0 saturated carbocycles. The molecule has 3 heterocycles. The van der Waals surface area contributed by atoms with Gasteiger partial charge in [-0.15, -0.1) is 0 Å². The van der Waals surface area contributed by atoms with E-state index in [1.807, 2.05) is 13.0 Å². The molecular formula is C15H22N4O2S. The van der Waals surface area contributed by atoms with Gasteiger partial charge in [-0.05, 0) is 19.1 Å². The number of aromatic nitrogens is 2. The first-order valence-corrected chi connectivity index (χ1v) is 8.48. The van der Waals surface area contributed by atoms with Crippen LogP contribution in [0.4, 0.5) is 5.13 Å². The topological polar surface area (TPSA) is 63.4 Å². The maximum Gasteiger partial charge on any atom is 0.202 e. The first-order valence-electron chi connectivity index (χ1n) is 7.71. The van der Waals surface area contributed by atoms with Crippen LogP contribution in [0, 0.1) is 6.92 Å². The van der Waals surface area contributed by atoms with Crippen molar-refractivity contribution < 1.29 is 9.15 Å². The van der Waals surface area contributed by atoms with Crippen LogP contribution in [0.15, 0.2) is 16.5 Å². The summed E-state index contributed by atoms with van der Waals surface area (Å²) >= 11 is 1.42. The first-order chi connectivity index (χ1) is 10.8. The van der Waals surface area contributed by atoms with Crippen LogP contribution in [0.5, 0.6) is 0 Å². The molecule has 3 rings (SSSR count). The highest BCUT2D eigenvalue weighted by atomic mass is 32.1. The highest BCUT2D eigenvalue weighted by Crippen LogP contribution is 2.25. The Labute approximate surface area is 134 Å². The Morgan fingerprint density at radius 2 is 2.18 bits per heavy atom. The molecule has 22 heavy (non-hydrogen) atoms. The monoisotopic (exact) mass is 322 g/mol. The van der Waals surface area contributed by atoms with Gasteiger partial charge in [0.25, 0.3) is 0 Å². The van der Waals surface area contributed by atoms with Crippen LogP contribution >= 0.6 is 11.5 Å². The van der Waals surface area contributed by atoms with Gasteiger partial charge in [-0.3, -0.25) is 4.90 Å². The van der Waals surface area contributed by atoms with Crippen molar-refractivity contribution in [2.75, 3.05) is 38.2 Å². The van der Waals surface area contributed by atoms with Crippen LogP contribution in [0.2, 0.25) is 0 Å². The molecule has 2 aromatic rings. The van der Waals surface area contributed by atoms with E-state index in [1.54, 1.807) is 0 Å². The van der Waals surface area contributed by atoms with Crippen molar-refractivity contribution in [3.05, 3.63) is 29.5 Å². The summed E-state index contributed by atoms with van der Waals surface area (Å²) in [6, 6.07) is 4.27. The molecule has 0 aliphatic carbocycles. The van der Waals surface area contributed by atoms with Crippen LogP contribution in [0.3, 0.4) is 0 Å². The van der Waals surface area contributed by atoms with E-state index in [2.05, 4.69) is 32.6 Å². The van der Waals surface area contributed by atoms with Gasteiger partial charge < -0.3 is 14.5 Å². The summed E-state index contributed by atoms with van der Waals surface area (Å²) in [5.41, 5.74) is 0. The second kappa shape index (κ2) is 7.21. The summed E-state index contributed by atoms with van der Waals surface area (Å²) in [5.74, 6) is 2.83. The first kappa shape index (κ1) is 15.5. The molecule has 120 valence electrons. The minimum Gasteiger partial charge on any atom is -0.465 e. The fraction of sp³-hybridized carbons (Fsp3) is 0.600. The van der Waals surface area contributed by atoms with Gasteiger partial charge in [0.2, 0.25) is 5.13 Å². The quantitative estimate of drug-likeness (QED) is 0.881. The molecule has 0 amide bonds. The summed E-state index contributed by atoms with van der Waals surface area (Å²) in [5, 5.41) is 4.28. The van der Waals surface area contributed by atoms with Gasteiger partial charge in [-0.25, -0.2) is 4.98 Å². The number of nitrogens with one attached hydrogen (secondary N) is 1. The number of rotatable bonds is 6. The maximum atomic E-state index is 5.86. The molecular weight excluding hydrogens is 300 g/mol. The summed E-state index contributed by atoms with van der Waals surface area (Å²) in [7, 11) is 0. The van der Waals surface area contributed by atoms with Crippen LogP contribution in [-0.4, -0.2) is 47.1 Å². The van der Waals surface area contributed by atoms with Crippen molar-refractivity contribution in [3.8, 4) is 0 Å². The number of ether oxygens (including phenoxy) is 1. The Kier molecular flexibility index (Phi) is 5.07. The van der Waals surface area contributed by atoms with Crippen LogP contribution in [-0.2, 0) is 11.2 Å². The molecule has 1 N–H and O–H groups in total. The van der Waals surface area contributed by atoms with E-state index in [0.717, 1.165) is 61.7 Å². The summed E-state index contributed by atoms with van der Waals surface area (Å²) in [4.78, 5) is 6.87. The molecule has 6 nitrogen and oxygen atoms in total. The van der Waals surface area contributed by atoms with Crippen LogP contribution in [0.1, 0.15) is 30.3 Å². The number of hydrogen-bond donors (Lipinski definition) is 1. The smallest absolute Gasteiger partial charge is 0.202 e. The SMILES string of the molecule is CCc1nsc(NCC(c2ccc(C)o2)N2CCOCC2)n1. The third kappa shape index (κ3) is 3.66. The normalized spacial score (nSPS) is 17.5. The van der Waals surface area contributed by atoms with Gasteiger partial charge >= 0.3 is 0 Å². The zero-order chi connectivity index (χ0) is 15.4. The average Bonchev–Trinajstić information content (AvgIpc) is 3.18. The van der Waals surface area contributed by atoms with Gasteiger partial charge in [0.1, 0.15) is 17.3 Å². The van der Waals surface area contributed by atoms with Gasteiger partial charge in [-0.2, -0.15) is 4.37 Å². The summed E-state index contributed by atoms with van der Waals surface area (Å²) < 4.78 is 15.6. The lowest BCUT2D eigenvalue weighted by molar-refractivity contribution is 0.0143. The molecule has 1 atom stereocenters. The second-order valence-electron chi connectivity index (χ2n) is 5.36. The van der Waals surface area contributed by atoms with Crippen molar-refractivity contribution in [1.82, 2.24) is 14.3 Å². The summed E-state index contributed by atoms with van der Waals surface area (Å²) in [6.45, 7) is 8.18. The fourth-order valence-electron chi connectivity index (χ4n) is 2.58. The Morgan fingerprint density at radius 3 is 2.82 bits per heavy atom. The number of aryl methyl sites for hydroxylation is 2. The van der Waals surface area contributed by atoms with Gasteiger partial charge in [0, 0.05) is 37.6 Å². The Morgan fingerprint density at radius 1 is 1.36 bits per heavy atom. The predicted molar refractivity (Wildman–Crippen MR) is 86.4 cm³/mol. The largest absolute Gasteiger partial charge is 0.465 e. The van der Waals surface area contributed by atoms with E-state index in [1.165, 1.54) is 11.5 Å². The third-order valence-electron chi connectivity index (χ3n) is 3.81. The lowest BCUT2D eigenvalue weighted by Gasteiger charge is -2.33. The van der Waals surface area contributed by atoms with E-state index >= 15 is 0 Å². The number of anilines is 1. The fourth-order valence-corrected chi connectivity index (χ4v) is 3.24.